The zero-order valence-corrected chi connectivity index (χ0v) is 14.9. The van der Waals surface area contributed by atoms with Crippen molar-refractivity contribution >= 4 is 23.6 Å². The van der Waals surface area contributed by atoms with Crippen LogP contribution in [-0.4, -0.2) is 12.5 Å². The fourth-order valence-corrected chi connectivity index (χ4v) is 2.50. The molecule has 1 amide bonds. The van der Waals surface area contributed by atoms with Crippen molar-refractivity contribution in [1.82, 2.24) is 5.32 Å². The van der Waals surface area contributed by atoms with E-state index in [-0.39, 0.29) is 11.6 Å². The second-order valence-corrected chi connectivity index (χ2v) is 5.83. The van der Waals surface area contributed by atoms with Gasteiger partial charge in [0.1, 0.15) is 17.4 Å². The lowest BCUT2D eigenvalue weighted by Gasteiger charge is -2.14. The largest absolute Gasteiger partial charge is 0.493 e. The first-order valence-corrected chi connectivity index (χ1v) is 8.33. The van der Waals surface area contributed by atoms with E-state index in [1.165, 1.54) is 6.08 Å². The number of carbonyl (C=O) groups is 1. The molecular weight excluding hydrogens is 336 g/mol. The summed E-state index contributed by atoms with van der Waals surface area (Å²) in [5.41, 5.74) is 1.55. The van der Waals surface area contributed by atoms with Gasteiger partial charge in [-0.15, -0.1) is 0 Å². The fraction of sp³-hybridized carbons (Fsp3) is 0.200. The van der Waals surface area contributed by atoms with Gasteiger partial charge in [0.15, 0.2) is 0 Å². The van der Waals surface area contributed by atoms with Gasteiger partial charge >= 0.3 is 0 Å². The summed E-state index contributed by atoms with van der Waals surface area (Å²) < 4.78 is 5.52. The predicted molar refractivity (Wildman–Crippen MR) is 99.2 cm³/mol. The first-order valence-electron chi connectivity index (χ1n) is 7.95. The van der Waals surface area contributed by atoms with Crippen LogP contribution in [0.1, 0.15) is 31.0 Å². The Balaban J connectivity index is 2.24. The zero-order chi connectivity index (χ0) is 18.2. The van der Waals surface area contributed by atoms with Crippen LogP contribution in [0.5, 0.6) is 5.75 Å². The number of rotatable bonds is 6. The Bertz CT molecular complexity index is 810. The summed E-state index contributed by atoms with van der Waals surface area (Å²) in [5, 5.41) is 12.7. The Morgan fingerprint density at radius 3 is 2.68 bits per heavy atom. The molecule has 2 aromatic rings. The van der Waals surface area contributed by atoms with Crippen LogP contribution in [0.25, 0.3) is 6.08 Å². The van der Waals surface area contributed by atoms with Crippen molar-refractivity contribution in [2.24, 2.45) is 0 Å². The van der Waals surface area contributed by atoms with Crippen LogP contribution in [0.4, 0.5) is 0 Å². The minimum absolute atomic E-state index is 0.00833. The van der Waals surface area contributed by atoms with Crippen molar-refractivity contribution in [3.8, 4) is 11.8 Å². The smallest absolute Gasteiger partial charge is 0.262 e. The fourth-order valence-electron chi connectivity index (χ4n) is 2.32. The molecule has 0 unspecified atom stereocenters. The van der Waals surface area contributed by atoms with Crippen molar-refractivity contribution in [3.63, 3.8) is 0 Å². The molecule has 4 nitrogen and oxygen atoms in total. The molecule has 2 aromatic carbocycles. The van der Waals surface area contributed by atoms with E-state index in [2.05, 4.69) is 5.32 Å². The maximum absolute atomic E-state index is 12.4. The molecule has 0 aliphatic carbocycles. The average Bonchev–Trinajstić information content (AvgIpc) is 2.62. The third kappa shape index (κ3) is 5.10. The van der Waals surface area contributed by atoms with Crippen molar-refractivity contribution in [2.45, 2.75) is 19.9 Å². The number of nitrogens with zero attached hydrogens (tertiary/aromatic N) is 1. The summed E-state index contributed by atoms with van der Waals surface area (Å²) in [6.45, 7) is 4.20. The van der Waals surface area contributed by atoms with Gasteiger partial charge in [0.25, 0.3) is 5.91 Å². The number of ether oxygens (including phenoxy) is 1. The number of hydrogen-bond acceptors (Lipinski definition) is 3. The van der Waals surface area contributed by atoms with Gasteiger partial charge in [0.05, 0.1) is 12.6 Å². The van der Waals surface area contributed by atoms with E-state index in [1.54, 1.807) is 18.2 Å². The SMILES string of the molecule is CCOc1ccc(Cl)cc1/C=C(\C#N)C(=O)N[C@@H](C)c1ccccc1. The molecule has 1 N–H and O–H groups in total. The number of nitrogens with one attached hydrogen (secondary N) is 1. The van der Waals surface area contributed by atoms with Crippen molar-refractivity contribution in [1.29, 1.82) is 5.26 Å². The molecule has 0 saturated carbocycles. The van der Waals surface area contributed by atoms with Crippen molar-refractivity contribution in [3.05, 3.63) is 70.3 Å². The Morgan fingerprint density at radius 1 is 1.32 bits per heavy atom. The zero-order valence-electron chi connectivity index (χ0n) is 14.1. The van der Waals surface area contributed by atoms with E-state index in [4.69, 9.17) is 16.3 Å². The summed E-state index contributed by atoms with van der Waals surface area (Å²) in [6, 6.07) is 16.4. The van der Waals surface area contributed by atoms with Crippen LogP contribution in [-0.2, 0) is 4.79 Å². The molecular formula is C20H19ClN2O2. The van der Waals surface area contributed by atoms with Gasteiger partial charge in [0.2, 0.25) is 0 Å². The maximum atomic E-state index is 12.4. The molecule has 2 rings (SSSR count). The van der Waals surface area contributed by atoms with E-state index >= 15 is 0 Å². The highest BCUT2D eigenvalue weighted by atomic mass is 35.5. The average molecular weight is 355 g/mol. The van der Waals surface area contributed by atoms with Crippen LogP contribution in [0.15, 0.2) is 54.1 Å². The topological polar surface area (TPSA) is 62.1 Å². The molecule has 0 heterocycles. The third-order valence-corrected chi connectivity index (χ3v) is 3.82. The van der Waals surface area contributed by atoms with Crippen molar-refractivity contribution in [2.75, 3.05) is 6.61 Å². The van der Waals surface area contributed by atoms with Crippen molar-refractivity contribution < 1.29 is 9.53 Å². The molecule has 25 heavy (non-hydrogen) atoms. The minimum atomic E-state index is -0.443. The number of nitriles is 1. The lowest BCUT2D eigenvalue weighted by molar-refractivity contribution is -0.117. The maximum Gasteiger partial charge on any atom is 0.262 e. The van der Waals surface area contributed by atoms with Gasteiger partial charge in [0, 0.05) is 10.6 Å². The third-order valence-electron chi connectivity index (χ3n) is 3.58. The summed E-state index contributed by atoms with van der Waals surface area (Å²) >= 11 is 6.02. The molecule has 1 atom stereocenters. The highest BCUT2D eigenvalue weighted by Gasteiger charge is 2.15. The van der Waals surface area contributed by atoms with E-state index < -0.39 is 5.91 Å². The van der Waals surface area contributed by atoms with Gasteiger partial charge in [-0.25, -0.2) is 0 Å². The second kappa shape index (κ2) is 8.91. The van der Waals surface area contributed by atoms with Crippen LogP contribution >= 0.6 is 11.6 Å². The Labute approximate surface area is 152 Å². The number of benzene rings is 2. The van der Waals surface area contributed by atoms with Crippen LogP contribution in [0.2, 0.25) is 5.02 Å². The summed E-state index contributed by atoms with van der Waals surface area (Å²) in [5.74, 6) is 0.129. The summed E-state index contributed by atoms with van der Waals surface area (Å²) in [4.78, 5) is 12.4. The molecule has 5 heteroatoms. The molecule has 0 aliphatic heterocycles. The number of halogens is 1. The lowest BCUT2D eigenvalue weighted by atomic mass is 10.1. The van der Waals surface area contributed by atoms with Gasteiger partial charge in [-0.1, -0.05) is 41.9 Å². The van der Waals surface area contributed by atoms with E-state index in [0.717, 1.165) is 5.56 Å². The van der Waals surface area contributed by atoms with E-state index in [0.29, 0.717) is 22.9 Å². The second-order valence-electron chi connectivity index (χ2n) is 5.39. The van der Waals surface area contributed by atoms with Crippen LogP contribution in [0.3, 0.4) is 0 Å². The highest BCUT2D eigenvalue weighted by Crippen LogP contribution is 2.25. The van der Waals surface area contributed by atoms with Crippen LogP contribution in [0, 0.1) is 11.3 Å². The Morgan fingerprint density at radius 2 is 2.04 bits per heavy atom. The molecule has 0 aromatic heterocycles. The highest BCUT2D eigenvalue weighted by molar-refractivity contribution is 6.30. The van der Waals surface area contributed by atoms with Gasteiger partial charge in [-0.2, -0.15) is 5.26 Å². The first-order chi connectivity index (χ1) is 12.0. The van der Waals surface area contributed by atoms with E-state index in [9.17, 15) is 10.1 Å². The molecule has 0 spiro atoms. The monoisotopic (exact) mass is 354 g/mol. The molecule has 0 aliphatic rings. The Kier molecular flexibility index (Phi) is 6.62. The first kappa shape index (κ1) is 18.6. The number of amides is 1. The number of hydrogen-bond donors (Lipinski definition) is 1. The molecule has 0 fully saturated rings. The standard InChI is InChI=1S/C20H19ClN2O2/c1-3-25-19-10-9-18(21)12-16(19)11-17(13-22)20(24)23-14(2)15-7-5-4-6-8-15/h4-12,14H,3H2,1-2H3,(H,23,24)/b17-11+/t14-/m0/s1. The van der Waals surface area contributed by atoms with Gasteiger partial charge < -0.3 is 10.1 Å². The number of carbonyl (C=O) groups excluding carboxylic acids is 1. The van der Waals surface area contributed by atoms with Gasteiger partial charge in [-0.05, 0) is 43.7 Å². The lowest BCUT2D eigenvalue weighted by Crippen LogP contribution is -2.27. The predicted octanol–water partition coefficient (Wildman–Crippen LogP) is 4.52. The quantitative estimate of drug-likeness (QED) is 0.612. The molecule has 0 radical (unpaired) electrons. The molecule has 0 saturated heterocycles. The molecule has 0 bridgehead atoms. The molecule has 128 valence electrons. The van der Waals surface area contributed by atoms with Gasteiger partial charge in [-0.3, -0.25) is 4.79 Å². The minimum Gasteiger partial charge on any atom is -0.493 e. The summed E-state index contributed by atoms with van der Waals surface area (Å²) in [7, 11) is 0. The Hall–Kier alpha value is -2.77. The summed E-state index contributed by atoms with van der Waals surface area (Å²) in [6.07, 6.45) is 1.49. The van der Waals surface area contributed by atoms with E-state index in [1.807, 2.05) is 50.2 Å². The normalized spacial score (nSPS) is 12.2. The van der Waals surface area contributed by atoms with Crippen LogP contribution < -0.4 is 10.1 Å².